The zero-order chi connectivity index (χ0) is 13.9. The molecule has 0 aliphatic rings. The highest BCUT2D eigenvalue weighted by Crippen LogP contribution is 2.26. The van der Waals surface area contributed by atoms with E-state index in [1.165, 1.54) is 0 Å². The van der Waals surface area contributed by atoms with Crippen LogP contribution < -0.4 is 10.1 Å². The van der Waals surface area contributed by atoms with Gasteiger partial charge in [-0.25, -0.2) is 4.98 Å². The van der Waals surface area contributed by atoms with Gasteiger partial charge in [0.15, 0.2) is 4.96 Å². The van der Waals surface area contributed by atoms with Gasteiger partial charge in [-0.05, 0) is 24.7 Å². The van der Waals surface area contributed by atoms with Crippen LogP contribution >= 0.6 is 22.9 Å². The number of aromatic nitrogens is 2. The van der Waals surface area contributed by atoms with E-state index in [0.29, 0.717) is 17.4 Å². The smallest absolute Gasteiger partial charge is 0.193 e. The summed E-state index contributed by atoms with van der Waals surface area (Å²) in [6.45, 7) is 1.21. The molecule has 0 fully saturated rings. The van der Waals surface area contributed by atoms with E-state index in [4.69, 9.17) is 16.3 Å². The number of halogens is 1. The first-order valence-electron chi connectivity index (χ1n) is 6.23. The second-order valence-corrected chi connectivity index (χ2v) is 5.69. The normalized spacial score (nSPS) is 11.1. The number of hydrogen-bond donors (Lipinski definition) is 1. The van der Waals surface area contributed by atoms with Crippen LogP contribution in [0.3, 0.4) is 0 Å². The lowest BCUT2D eigenvalue weighted by Gasteiger charge is -2.08. The first kappa shape index (κ1) is 13.4. The number of imidazole rings is 1. The van der Waals surface area contributed by atoms with Crippen molar-refractivity contribution in [2.45, 2.75) is 13.2 Å². The highest BCUT2D eigenvalue weighted by Gasteiger charge is 2.06. The van der Waals surface area contributed by atoms with Crippen LogP contribution in [0, 0.1) is 0 Å². The van der Waals surface area contributed by atoms with Gasteiger partial charge in [-0.3, -0.25) is 4.40 Å². The minimum Gasteiger partial charge on any atom is -0.486 e. The predicted octanol–water partition coefficient (Wildman–Crippen LogP) is 3.35. The van der Waals surface area contributed by atoms with E-state index in [2.05, 4.69) is 10.3 Å². The second-order valence-electron chi connectivity index (χ2n) is 4.41. The molecule has 0 unspecified atom stereocenters. The monoisotopic (exact) mass is 307 g/mol. The van der Waals surface area contributed by atoms with E-state index in [-0.39, 0.29) is 0 Å². The maximum atomic E-state index is 6.21. The number of thiazole rings is 1. The molecule has 0 amide bonds. The van der Waals surface area contributed by atoms with Gasteiger partial charge in [-0.1, -0.05) is 17.7 Å². The van der Waals surface area contributed by atoms with Crippen LogP contribution in [0.25, 0.3) is 4.96 Å². The Labute approximate surface area is 126 Å². The van der Waals surface area contributed by atoms with Crippen LogP contribution in [-0.4, -0.2) is 16.4 Å². The van der Waals surface area contributed by atoms with Crippen LogP contribution in [0.1, 0.15) is 11.3 Å². The lowest BCUT2D eigenvalue weighted by atomic mass is 10.2. The Hall–Kier alpha value is -1.56. The highest BCUT2D eigenvalue weighted by atomic mass is 35.5. The zero-order valence-corrected chi connectivity index (χ0v) is 12.5. The molecule has 0 saturated heterocycles. The number of rotatable bonds is 5. The fourth-order valence-corrected chi connectivity index (χ4v) is 2.95. The Kier molecular flexibility index (Phi) is 3.91. The Balaban J connectivity index is 1.70. The summed E-state index contributed by atoms with van der Waals surface area (Å²) in [6.07, 6.45) is 3.95. The van der Waals surface area contributed by atoms with Gasteiger partial charge in [0.1, 0.15) is 12.4 Å². The first-order valence-corrected chi connectivity index (χ1v) is 7.49. The van der Waals surface area contributed by atoms with Crippen LogP contribution in [-0.2, 0) is 13.2 Å². The topological polar surface area (TPSA) is 38.6 Å². The Bertz CT molecular complexity index is 694. The molecule has 20 heavy (non-hydrogen) atoms. The summed E-state index contributed by atoms with van der Waals surface area (Å²) in [6, 6.07) is 5.82. The first-order chi connectivity index (χ1) is 9.76. The van der Waals surface area contributed by atoms with Crippen LogP contribution in [0.15, 0.2) is 36.0 Å². The van der Waals surface area contributed by atoms with Gasteiger partial charge in [0.05, 0.1) is 10.7 Å². The van der Waals surface area contributed by atoms with Crippen LogP contribution in [0.2, 0.25) is 5.02 Å². The number of fused-ring (bicyclic) bond motifs is 1. The van der Waals surface area contributed by atoms with E-state index in [1.807, 2.05) is 47.4 Å². The average Bonchev–Trinajstić information content (AvgIpc) is 2.99. The molecule has 0 aliphatic carbocycles. The predicted molar refractivity (Wildman–Crippen MR) is 81.6 cm³/mol. The summed E-state index contributed by atoms with van der Waals surface area (Å²) >= 11 is 7.82. The van der Waals surface area contributed by atoms with Gasteiger partial charge in [0.25, 0.3) is 0 Å². The van der Waals surface area contributed by atoms with Gasteiger partial charge >= 0.3 is 0 Å². The number of nitrogens with one attached hydrogen (secondary N) is 1. The summed E-state index contributed by atoms with van der Waals surface area (Å²) in [4.78, 5) is 5.44. The van der Waals surface area contributed by atoms with Crippen molar-refractivity contribution in [3.63, 3.8) is 0 Å². The maximum Gasteiger partial charge on any atom is 0.193 e. The minimum atomic E-state index is 0.416. The summed E-state index contributed by atoms with van der Waals surface area (Å²) in [5.74, 6) is 0.683. The van der Waals surface area contributed by atoms with Crippen LogP contribution in [0.5, 0.6) is 5.75 Å². The van der Waals surface area contributed by atoms with Gasteiger partial charge in [0, 0.05) is 24.3 Å². The third-order valence-corrected chi connectivity index (χ3v) is 3.96. The average molecular weight is 308 g/mol. The standard InChI is InChI=1S/C14H14ClN3OS/c1-16-7-10-2-3-13(12(15)6-10)19-9-11-8-18-4-5-20-14(18)17-11/h2-6,8,16H,7,9H2,1H3. The number of benzene rings is 1. The van der Waals surface area contributed by atoms with Gasteiger partial charge in [0.2, 0.25) is 0 Å². The quantitative estimate of drug-likeness (QED) is 0.785. The van der Waals surface area contributed by atoms with E-state index in [0.717, 1.165) is 22.8 Å². The van der Waals surface area contributed by atoms with E-state index < -0.39 is 0 Å². The van der Waals surface area contributed by atoms with Crippen molar-refractivity contribution in [2.24, 2.45) is 0 Å². The van der Waals surface area contributed by atoms with Gasteiger partial charge < -0.3 is 10.1 Å². The van der Waals surface area contributed by atoms with E-state index >= 15 is 0 Å². The number of ether oxygens (including phenoxy) is 1. The van der Waals surface area contributed by atoms with Crippen molar-refractivity contribution in [3.05, 3.63) is 52.3 Å². The van der Waals surface area contributed by atoms with Gasteiger partial charge in [-0.15, -0.1) is 11.3 Å². The summed E-state index contributed by atoms with van der Waals surface area (Å²) in [5, 5.41) is 5.72. The summed E-state index contributed by atoms with van der Waals surface area (Å²) < 4.78 is 7.72. The largest absolute Gasteiger partial charge is 0.486 e. The molecule has 4 nitrogen and oxygen atoms in total. The molecule has 1 N–H and O–H groups in total. The maximum absolute atomic E-state index is 6.21. The molecular formula is C14H14ClN3OS. The fraction of sp³-hybridized carbons (Fsp3) is 0.214. The lowest BCUT2D eigenvalue weighted by molar-refractivity contribution is 0.302. The lowest BCUT2D eigenvalue weighted by Crippen LogP contribution is -2.05. The molecule has 0 atom stereocenters. The van der Waals surface area contributed by atoms with E-state index in [1.54, 1.807) is 11.3 Å². The molecule has 0 aliphatic heterocycles. The number of nitrogens with zero attached hydrogens (tertiary/aromatic N) is 2. The van der Waals surface area contributed by atoms with Crippen molar-refractivity contribution in [1.29, 1.82) is 0 Å². The number of hydrogen-bond acceptors (Lipinski definition) is 4. The molecule has 0 saturated carbocycles. The SMILES string of the molecule is CNCc1ccc(OCc2cn3ccsc3n2)c(Cl)c1. The van der Waals surface area contributed by atoms with Crippen molar-refractivity contribution in [2.75, 3.05) is 7.05 Å². The molecule has 104 valence electrons. The molecule has 0 radical (unpaired) electrons. The Morgan fingerprint density at radius 3 is 3.10 bits per heavy atom. The molecule has 3 rings (SSSR count). The summed E-state index contributed by atoms with van der Waals surface area (Å²) in [7, 11) is 1.91. The highest BCUT2D eigenvalue weighted by molar-refractivity contribution is 7.15. The third kappa shape index (κ3) is 2.80. The minimum absolute atomic E-state index is 0.416. The Morgan fingerprint density at radius 1 is 1.45 bits per heavy atom. The fourth-order valence-electron chi connectivity index (χ4n) is 1.97. The Morgan fingerprint density at radius 2 is 2.35 bits per heavy atom. The van der Waals surface area contributed by atoms with Crippen molar-refractivity contribution in [3.8, 4) is 5.75 Å². The summed E-state index contributed by atoms with van der Waals surface area (Å²) in [5.41, 5.74) is 2.03. The molecule has 2 heterocycles. The van der Waals surface area contributed by atoms with Crippen molar-refractivity contribution in [1.82, 2.24) is 14.7 Å². The van der Waals surface area contributed by atoms with Crippen molar-refractivity contribution >= 4 is 27.9 Å². The molecule has 6 heteroatoms. The molecule has 2 aromatic heterocycles. The van der Waals surface area contributed by atoms with Gasteiger partial charge in [-0.2, -0.15) is 0 Å². The molecule has 1 aromatic carbocycles. The van der Waals surface area contributed by atoms with Crippen LogP contribution in [0.4, 0.5) is 0 Å². The molecule has 0 bridgehead atoms. The van der Waals surface area contributed by atoms with E-state index in [9.17, 15) is 0 Å². The third-order valence-electron chi connectivity index (χ3n) is 2.90. The zero-order valence-electron chi connectivity index (χ0n) is 11.0. The molecule has 0 spiro atoms. The molecular weight excluding hydrogens is 294 g/mol. The van der Waals surface area contributed by atoms with Crippen molar-refractivity contribution < 1.29 is 4.74 Å². The second kappa shape index (κ2) is 5.83. The molecule has 3 aromatic rings.